The first-order valence-electron chi connectivity index (χ1n) is 21.1. The summed E-state index contributed by atoms with van der Waals surface area (Å²) in [4.78, 5) is 72.6. The number of carbonyl (C=O) groups excluding carboxylic acids is 3. The number of aromatic amines is 1. The Kier molecular flexibility index (Phi) is 10.1. The van der Waals surface area contributed by atoms with Crippen LogP contribution in [0.1, 0.15) is 91.2 Å². The van der Waals surface area contributed by atoms with Gasteiger partial charge in [0.1, 0.15) is 29.5 Å². The van der Waals surface area contributed by atoms with Crippen LogP contribution in [0.25, 0.3) is 50.3 Å². The van der Waals surface area contributed by atoms with Gasteiger partial charge >= 0.3 is 17.6 Å². The minimum absolute atomic E-state index is 0.000645. The quantitative estimate of drug-likeness (QED) is 0.0781. The standard InChI is InChI=1S/C47H45N7O10/c1-6-27-29-17-26(55)11-12-34(29)49-41-31(27)21-53-36(41)19-33-32(44(53)60)22-63-45(61)47(33,7-2)64-40(58)9-8-14-48-43(59)37-16-24-15-25(10-13-35(24)52(37)5)54-42(50-51-46(54)62)30-18-28(23(3)4)38(56)20-39(30)57/h10-13,15-20,23,55-57H,6-9,14,21-22H2,1-5H3,(H,48,59)(H,51,62). The number of benzene rings is 3. The normalized spacial score (nSPS) is 15.3. The van der Waals surface area contributed by atoms with Crippen LogP contribution in [-0.4, -0.2) is 68.6 Å². The lowest BCUT2D eigenvalue weighted by atomic mass is 9.85. The SMILES string of the molecule is CCc1c2c(nc3ccc(O)cc13)-c1cc3c(c(=O)n1C2)COC(=O)C3(CC)OC(=O)CCCNC(=O)c1cc2cc(-n3c(-c4cc(C(C)C)c(O)cc4O)n[nH]c3=O)ccc2n1C. The van der Waals surface area contributed by atoms with Crippen molar-refractivity contribution in [3.05, 3.63) is 115 Å². The third-order valence-electron chi connectivity index (χ3n) is 12.4. The number of rotatable bonds is 11. The Bertz CT molecular complexity index is 3250. The van der Waals surface area contributed by atoms with E-state index in [9.17, 15) is 39.3 Å². The van der Waals surface area contributed by atoms with Crippen molar-refractivity contribution in [3.63, 3.8) is 0 Å². The number of cyclic esters (lactones) is 1. The van der Waals surface area contributed by atoms with E-state index in [0.29, 0.717) is 51.2 Å². The zero-order chi connectivity index (χ0) is 45.4. The van der Waals surface area contributed by atoms with Gasteiger partial charge in [-0.25, -0.2) is 24.2 Å². The van der Waals surface area contributed by atoms with Crippen molar-refractivity contribution in [3.8, 4) is 45.7 Å². The van der Waals surface area contributed by atoms with Crippen LogP contribution in [0.5, 0.6) is 17.2 Å². The minimum atomic E-state index is -1.88. The molecule has 2 aliphatic heterocycles. The molecular formula is C47H45N7O10. The van der Waals surface area contributed by atoms with Gasteiger partial charge in [0.25, 0.3) is 11.5 Å². The molecule has 0 fully saturated rings. The van der Waals surface area contributed by atoms with Crippen LogP contribution >= 0.6 is 0 Å². The number of carbonyl (C=O) groups is 3. The molecule has 1 unspecified atom stereocenters. The second-order valence-electron chi connectivity index (χ2n) is 16.5. The highest BCUT2D eigenvalue weighted by molar-refractivity contribution is 5.99. The number of hydrogen-bond acceptors (Lipinski definition) is 12. The maximum Gasteiger partial charge on any atom is 0.355 e. The molecule has 0 spiro atoms. The van der Waals surface area contributed by atoms with Gasteiger partial charge in [0.05, 0.1) is 40.3 Å². The smallest absolute Gasteiger partial charge is 0.355 e. The van der Waals surface area contributed by atoms with Crippen molar-refractivity contribution in [1.82, 2.24) is 34.2 Å². The lowest BCUT2D eigenvalue weighted by Crippen LogP contribution is -2.47. The highest BCUT2D eigenvalue weighted by atomic mass is 16.6. The number of phenolic OH excluding ortho intramolecular Hbond substituents is 3. The molecule has 0 radical (unpaired) electrons. The van der Waals surface area contributed by atoms with Crippen LogP contribution < -0.4 is 16.6 Å². The van der Waals surface area contributed by atoms with Crippen molar-refractivity contribution < 1.29 is 39.2 Å². The van der Waals surface area contributed by atoms with Crippen molar-refractivity contribution in [2.75, 3.05) is 6.54 Å². The molecule has 7 aromatic rings. The van der Waals surface area contributed by atoms with Crippen molar-refractivity contribution in [2.24, 2.45) is 7.05 Å². The highest BCUT2D eigenvalue weighted by Gasteiger charge is 2.50. The number of H-pyrrole nitrogens is 1. The number of amides is 1. The van der Waals surface area contributed by atoms with Gasteiger partial charge in [-0.15, -0.1) is 0 Å². The summed E-state index contributed by atoms with van der Waals surface area (Å²) in [5.74, 6) is -2.08. The molecule has 0 saturated heterocycles. The number of aromatic hydroxyl groups is 3. The Hall–Kier alpha value is -7.69. The Morgan fingerprint density at radius 3 is 2.53 bits per heavy atom. The van der Waals surface area contributed by atoms with Gasteiger partial charge in [-0.3, -0.25) is 14.4 Å². The molecule has 17 nitrogen and oxygen atoms in total. The number of phenols is 3. The summed E-state index contributed by atoms with van der Waals surface area (Å²) >= 11 is 0. The fraction of sp³-hybridized carbons (Fsp3) is 0.298. The number of nitrogens with one attached hydrogen (secondary N) is 2. The molecule has 64 heavy (non-hydrogen) atoms. The average Bonchev–Trinajstić information content (AvgIpc) is 3.94. The monoisotopic (exact) mass is 867 g/mol. The number of fused-ring (bicyclic) bond motifs is 6. The molecule has 9 rings (SSSR count). The number of aryl methyl sites for hydroxylation is 2. The minimum Gasteiger partial charge on any atom is -0.508 e. The zero-order valence-corrected chi connectivity index (χ0v) is 35.7. The summed E-state index contributed by atoms with van der Waals surface area (Å²) in [6.07, 6.45) is 0.635. The molecule has 3 aromatic carbocycles. The molecule has 5 N–H and O–H groups in total. The lowest BCUT2D eigenvalue weighted by Gasteiger charge is -2.35. The summed E-state index contributed by atoms with van der Waals surface area (Å²) in [6, 6.07) is 16.3. The van der Waals surface area contributed by atoms with E-state index in [0.717, 1.165) is 16.5 Å². The van der Waals surface area contributed by atoms with E-state index in [2.05, 4.69) is 15.5 Å². The summed E-state index contributed by atoms with van der Waals surface area (Å²) in [5, 5.41) is 42.2. The van der Waals surface area contributed by atoms with Crippen molar-refractivity contribution in [2.45, 2.75) is 78.0 Å². The van der Waals surface area contributed by atoms with Crippen LogP contribution in [0.3, 0.4) is 0 Å². The molecule has 1 atom stereocenters. The van der Waals surface area contributed by atoms with Crippen molar-refractivity contribution in [1.29, 1.82) is 0 Å². The van der Waals surface area contributed by atoms with Crippen LogP contribution in [0.15, 0.2) is 70.3 Å². The fourth-order valence-corrected chi connectivity index (χ4v) is 9.13. The number of aromatic nitrogens is 6. The third kappa shape index (κ3) is 6.57. The van der Waals surface area contributed by atoms with Crippen LogP contribution in [-0.2, 0) is 51.3 Å². The molecule has 0 bridgehead atoms. The Morgan fingerprint density at radius 2 is 1.78 bits per heavy atom. The molecule has 2 aliphatic rings. The number of esters is 2. The topological polar surface area (TPSA) is 233 Å². The van der Waals surface area contributed by atoms with E-state index in [1.54, 1.807) is 77.7 Å². The van der Waals surface area contributed by atoms with Crippen LogP contribution in [0.2, 0.25) is 0 Å². The maximum absolute atomic E-state index is 14.1. The second kappa shape index (κ2) is 15.6. The second-order valence-corrected chi connectivity index (χ2v) is 16.5. The summed E-state index contributed by atoms with van der Waals surface area (Å²) < 4.78 is 16.1. The van der Waals surface area contributed by atoms with E-state index in [1.807, 2.05) is 20.8 Å². The lowest BCUT2D eigenvalue weighted by molar-refractivity contribution is -0.189. The fourth-order valence-electron chi connectivity index (χ4n) is 9.13. The predicted molar refractivity (Wildman–Crippen MR) is 235 cm³/mol. The van der Waals surface area contributed by atoms with Gasteiger partial charge in [0, 0.05) is 53.5 Å². The van der Waals surface area contributed by atoms with Gasteiger partial charge in [-0.1, -0.05) is 27.7 Å². The molecule has 328 valence electrons. The van der Waals surface area contributed by atoms with Gasteiger partial charge in [0.15, 0.2) is 5.82 Å². The molecule has 6 heterocycles. The number of hydrogen-bond donors (Lipinski definition) is 5. The van der Waals surface area contributed by atoms with Gasteiger partial charge in [0.2, 0.25) is 5.60 Å². The number of ether oxygens (including phenoxy) is 2. The van der Waals surface area contributed by atoms with Crippen LogP contribution in [0.4, 0.5) is 0 Å². The molecule has 0 aliphatic carbocycles. The largest absolute Gasteiger partial charge is 0.508 e. The Balaban J connectivity index is 0.910. The average molecular weight is 868 g/mol. The molecule has 4 aromatic heterocycles. The maximum atomic E-state index is 14.1. The third-order valence-corrected chi connectivity index (χ3v) is 12.4. The van der Waals surface area contributed by atoms with E-state index in [4.69, 9.17) is 14.5 Å². The van der Waals surface area contributed by atoms with Gasteiger partial charge in [-0.05, 0) is 90.9 Å². The molecule has 17 heteroatoms. The Morgan fingerprint density at radius 1 is 0.984 bits per heavy atom. The van der Waals surface area contributed by atoms with Gasteiger partial charge in [-0.2, -0.15) is 5.10 Å². The summed E-state index contributed by atoms with van der Waals surface area (Å²) in [7, 11) is 1.73. The predicted octanol–water partition coefficient (Wildman–Crippen LogP) is 5.68. The Labute approximate surface area is 364 Å². The van der Waals surface area contributed by atoms with Crippen LogP contribution in [0, 0.1) is 0 Å². The van der Waals surface area contributed by atoms with Gasteiger partial charge < -0.3 is 39.2 Å². The first kappa shape index (κ1) is 41.7. The molecule has 0 saturated carbocycles. The van der Waals surface area contributed by atoms with E-state index < -0.39 is 29.1 Å². The van der Waals surface area contributed by atoms with E-state index >= 15 is 0 Å². The summed E-state index contributed by atoms with van der Waals surface area (Å²) in [5.41, 5.74) is 3.42. The number of pyridine rings is 2. The van der Waals surface area contributed by atoms with E-state index in [1.165, 1.54) is 10.6 Å². The van der Waals surface area contributed by atoms with Crippen molar-refractivity contribution >= 4 is 39.7 Å². The zero-order valence-electron chi connectivity index (χ0n) is 35.7. The highest BCUT2D eigenvalue weighted by Crippen LogP contribution is 2.43. The first-order chi connectivity index (χ1) is 30.6. The first-order valence-corrected chi connectivity index (χ1v) is 21.1. The van der Waals surface area contributed by atoms with E-state index in [-0.39, 0.29) is 90.2 Å². The molecular weight excluding hydrogens is 823 g/mol. The number of nitrogens with zero attached hydrogens (tertiary/aromatic N) is 5. The summed E-state index contributed by atoms with van der Waals surface area (Å²) in [6.45, 7) is 7.51. The molecule has 1 amide bonds.